The summed E-state index contributed by atoms with van der Waals surface area (Å²) >= 11 is 0. The molecule has 7 heteroatoms. The second kappa shape index (κ2) is 7.91. The Labute approximate surface area is 110 Å². The Kier molecular flexibility index (Phi) is 6.14. The molecule has 0 aliphatic carbocycles. The maximum absolute atomic E-state index is 11.0. The third-order valence-electron chi connectivity index (χ3n) is 1.95. The Bertz CT molecular complexity index is 464. The summed E-state index contributed by atoms with van der Waals surface area (Å²) in [6.45, 7) is 3.95. The molecule has 19 heavy (non-hydrogen) atoms. The topological polar surface area (TPSA) is 89.7 Å². The van der Waals surface area contributed by atoms with E-state index in [1.807, 2.05) is 0 Å². The van der Waals surface area contributed by atoms with Gasteiger partial charge in [0, 0.05) is 6.42 Å². The first kappa shape index (κ1) is 14.7. The van der Waals surface area contributed by atoms with E-state index in [4.69, 9.17) is 0 Å². The lowest BCUT2D eigenvalue weighted by molar-refractivity contribution is 0.163. The average molecular weight is 265 g/mol. The summed E-state index contributed by atoms with van der Waals surface area (Å²) in [5, 5.41) is 0. The van der Waals surface area contributed by atoms with Gasteiger partial charge in [-0.2, -0.15) is 9.98 Å². The third kappa shape index (κ3) is 5.71. The summed E-state index contributed by atoms with van der Waals surface area (Å²) in [6, 6.07) is 0. The van der Waals surface area contributed by atoms with Gasteiger partial charge in [-0.25, -0.2) is 9.59 Å². The van der Waals surface area contributed by atoms with Crippen LogP contribution >= 0.6 is 0 Å². The lowest BCUT2D eigenvalue weighted by Gasteiger charge is -1.93. The van der Waals surface area contributed by atoms with Crippen LogP contribution in [0.2, 0.25) is 0 Å². The van der Waals surface area contributed by atoms with Crippen LogP contribution in [0.4, 0.5) is 9.59 Å². The summed E-state index contributed by atoms with van der Waals surface area (Å²) in [5.74, 6) is 0. The van der Waals surface area contributed by atoms with Gasteiger partial charge < -0.3 is 9.47 Å². The van der Waals surface area contributed by atoms with Gasteiger partial charge in [0.05, 0.1) is 37.1 Å². The van der Waals surface area contributed by atoms with Crippen molar-refractivity contribution in [1.29, 1.82) is 0 Å². The molecule has 2 amide bonds. The Morgan fingerprint density at radius 1 is 1.21 bits per heavy atom. The molecule has 1 aliphatic heterocycles. The fourth-order valence-electron chi connectivity index (χ4n) is 1.20. The molecule has 1 aliphatic rings. The first-order valence-corrected chi connectivity index (χ1v) is 5.85. The highest BCUT2D eigenvalue weighted by Gasteiger charge is 2.06. The zero-order valence-corrected chi connectivity index (χ0v) is 10.8. The first-order valence-electron chi connectivity index (χ1n) is 5.85. The molecule has 1 heterocycles. The monoisotopic (exact) mass is 265 g/mol. The number of amides is 2. The van der Waals surface area contributed by atoms with Gasteiger partial charge in [0.2, 0.25) is 0 Å². The lowest BCUT2D eigenvalue weighted by Crippen LogP contribution is -2.02. The fourth-order valence-corrected chi connectivity index (χ4v) is 1.20. The second-order valence-electron chi connectivity index (χ2n) is 3.35. The molecule has 0 spiro atoms. The van der Waals surface area contributed by atoms with Crippen LogP contribution < -0.4 is 0 Å². The maximum Gasteiger partial charge on any atom is 0.433 e. The highest BCUT2D eigenvalue weighted by Crippen LogP contribution is 2.07. The maximum atomic E-state index is 11.0. The smallest absolute Gasteiger partial charge is 0.433 e. The summed E-state index contributed by atoms with van der Waals surface area (Å²) < 4.78 is 9.27. The quantitative estimate of drug-likeness (QED) is 0.728. The second-order valence-corrected chi connectivity index (χ2v) is 3.35. The lowest BCUT2D eigenvalue weighted by atomic mass is 10.3. The van der Waals surface area contributed by atoms with E-state index in [2.05, 4.69) is 24.5 Å². The summed E-state index contributed by atoms with van der Waals surface area (Å²) in [7, 11) is 0. The molecule has 0 aromatic rings. The van der Waals surface area contributed by atoms with Crippen molar-refractivity contribution in [2.24, 2.45) is 15.0 Å². The third-order valence-corrected chi connectivity index (χ3v) is 1.95. The van der Waals surface area contributed by atoms with E-state index < -0.39 is 12.2 Å². The van der Waals surface area contributed by atoms with E-state index >= 15 is 0 Å². The van der Waals surface area contributed by atoms with Gasteiger partial charge in [-0.05, 0) is 13.8 Å². The van der Waals surface area contributed by atoms with Gasteiger partial charge in [-0.15, -0.1) is 0 Å². The van der Waals surface area contributed by atoms with Gasteiger partial charge in [0.25, 0.3) is 0 Å². The Morgan fingerprint density at radius 3 is 2.37 bits per heavy atom. The minimum absolute atomic E-state index is 0.274. The number of carbonyl (C=O) groups excluding carboxylic acids is 2. The molecule has 0 atom stereocenters. The van der Waals surface area contributed by atoms with E-state index in [0.717, 1.165) is 0 Å². The van der Waals surface area contributed by atoms with Crippen molar-refractivity contribution in [3.63, 3.8) is 0 Å². The predicted octanol–water partition coefficient (Wildman–Crippen LogP) is 2.17. The molecule has 0 saturated heterocycles. The van der Waals surface area contributed by atoms with Gasteiger partial charge in [0.1, 0.15) is 0 Å². The molecule has 0 aromatic carbocycles. The minimum Gasteiger partial charge on any atom is -0.448 e. The van der Waals surface area contributed by atoms with Crippen LogP contribution in [0.1, 0.15) is 20.3 Å². The minimum atomic E-state index is -0.660. The van der Waals surface area contributed by atoms with E-state index in [1.165, 1.54) is 12.4 Å². The predicted molar refractivity (Wildman–Crippen MR) is 71.2 cm³/mol. The fraction of sp³-hybridized carbons (Fsp3) is 0.417. The highest BCUT2D eigenvalue weighted by molar-refractivity contribution is 6.33. The highest BCUT2D eigenvalue weighted by atomic mass is 16.5. The number of allylic oxidation sites excluding steroid dienone is 2. The Hall–Kier alpha value is -2.31. The number of hydrogen-bond donors (Lipinski definition) is 0. The number of nitrogens with zero attached hydrogens (tertiary/aromatic N) is 3. The van der Waals surface area contributed by atoms with Crippen molar-refractivity contribution < 1.29 is 19.1 Å². The van der Waals surface area contributed by atoms with Gasteiger partial charge >= 0.3 is 12.2 Å². The number of aliphatic imine (C=N–C) groups is 3. The van der Waals surface area contributed by atoms with Gasteiger partial charge in [-0.3, -0.25) is 4.99 Å². The van der Waals surface area contributed by atoms with E-state index in [-0.39, 0.29) is 13.2 Å². The van der Waals surface area contributed by atoms with E-state index in [0.29, 0.717) is 17.8 Å². The van der Waals surface area contributed by atoms with Gasteiger partial charge in [0.15, 0.2) is 0 Å². The molecule has 0 radical (unpaired) electrons. The van der Waals surface area contributed by atoms with Crippen molar-refractivity contribution in [3.05, 3.63) is 11.8 Å². The molecule has 0 saturated carbocycles. The van der Waals surface area contributed by atoms with Crippen LogP contribution in [0.5, 0.6) is 0 Å². The number of carbonyl (C=O) groups is 2. The molecule has 7 nitrogen and oxygen atoms in total. The molecule has 0 N–H and O–H groups in total. The molecule has 0 unspecified atom stereocenters. The Balaban J connectivity index is 2.49. The van der Waals surface area contributed by atoms with Crippen molar-refractivity contribution >= 4 is 30.3 Å². The average Bonchev–Trinajstić information content (AvgIpc) is 2.83. The molecule has 1 rings (SSSR count). The van der Waals surface area contributed by atoms with Crippen molar-refractivity contribution in [1.82, 2.24) is 0 Å². The molecule has 0 bridgehead atoms. The SMILES string of the molecule is CCOC(=O)/N=C/C1=CCC(/C=N/C(=O)OCC)=N1. The van der Waals surface area contributed by atoms with Crippen LogP contribution in [0.3, 0.4) is 0 Å². The van der Waals surface area contributed by atoms with Crippen LogP contribution in [0.25, 0.3) is 0 Å². The summed E-state index contributed by atoms with van der Waals surface area (Å²) in [5.41, 5.74) is 1.12. The normalized spacial score (nSPS) is 14.6. The molecule has 102 valence electrons. The first-order chi connectivity index (χ1) is 9.15. The zero-order chi connectivity index (χ0) is 14.1. The van der Waals surface area contributed by atoms with Crippen LogP contribution in [0, 0.1) is 0 Å². The van der Waals surface area contributed by atoms with Crippen LogP contribution in [-0.4, -0.2) is 43.5 Å². The van der Waals surface area contributed by atoms with Crippen molar-refractivity contribution in [2.75, 3.05) is 13.2 Å². The molecular weight excluding hydrogens is 250 g/mol. The zero-order valence-electron chi connectivity index (χ0n) is 10.8. The largest absolute Gasteiger partial charge is 0.448 e. The van der Waals surface area contributed by atoms with Crippen LogP contribution in [-0.2, 0) is 9.47 Å². The number of rotatable bonds is 4. The molecule has 0 aromatic heterocycles. The standard InChI is InChI=1S/C12H15N3O4/c1-3-18-11(16)13-7-9-5-6-10(15-9)8-14-12(17)19-4-2/h5,7-8H,3-4,6H2,1-2H3/b13-7+,14-8+. The molecular formula is C12H15N3O4. The van der Waals surface area contributed by atoms with Crippen molar-refractivity contribution in [3.8, 4) is 0 Å². The Morgan fingerprint density at radius 2 is 1.79 bits per heavy atom. The van der Waals surface area contributed by atoms with Gasteiger partial charge in [-0.1, -0.05) is 6.08 Å². The van der Waals surface area contributed by atoms with E-state index in [1.54, 1.807) is 19.9 Å². The van der Waals surface area contributed by atoms with Crippen molar-refractivity contribution in [2.45, 2.75) is 20.3 Å². The number of hydrogen-bond acceptors (Lipinski definition) is 5. The van der Waals surface area contributed by atoms with Crippen LogP contribution in [0.15, 0.2) is 26.8 Å². The molecule has 0 fully saturated rings. The summed E-state index contributed by atoms with van der Waals surface area (Å²) in [4.78, 5) is 33.2. The summed E-state index contributed by atoms with van der Waals surface area (Å²) in [6.07, 6.45) is 3.61. The van der Waals surface area contributed by atoms with E-state index in [9.17, 15) is 9.59 Å². The number of ether oxygens (including phenoxy) is 2.